The molecule has 0 saturated carbocycles. The molecule has 8 heteroatoms. The van der Waals surface area contributed by atoms with Gasteiger partial charge in [-0.15, -0.1) is 0 Å². The van der Waals surface area contributed by atoms with Crippen LogP contribution in [-0.2, 0) is 16.0 Å². The van der Waals surface area contributed by atoms with E-state index >= 15 is 0 Å². The first kappa shape index (κ1) is 27.8. The molecular weight excluding hydrogens is 537 g/mol. The standard InChI is InChI=1S/C30H27Cl2N3O2S/c1-18(2)20-12-14-23(15-13-20)35-29(37)26(16-22-10-7-11-25(31)27(22)32)38-30(35)24(17-33)28(36)34-19(3)21-8-5-4-6-9-21/h4-15,18-19,26H,16H2,1-3H3,(H,34,36)/b30-24-. The third-order valence-corrected chi connectivity index (χ3v) is 8.53. The zero-order valence-electron chi connectivity index (χ0n) is 21.2. The largest absolute Gasteiger partial charge is 0.345 e. The van der Waals surface area contributed by atoms with Gasteiger partial charge in [-0.25, -0.2) is 0 Å². The van der Waals surface area contributed by atoms with Crippen molar-refractivity contribution in [3.05, 3.63) is 110 Å². The van der Waals surface area contributed by atoms with Crippen LogP contribution in [0.3, 0.4) is 0 Å². The van der Waals surface area contributed by atoms with Crippen LogP contribution in [0.1, 0.15) is 49.4 Å². The van der Waals surface area contributed by atoms with Crippen molar-refractivity contribution in [3.8, 4) is 6.07 Å². The topological polar surface area (TPSA) is 73.2 Å². The van der Waals surface area contributed by atoms with E-state index in [-0.39, 0.29) is 17.5 Å². The highest BCUT2D eigenvalue weighted by molar-refractivity contribution is 8.05. The number of hydrogen-bond acceptors (Lipinski definition) is 4. The Morgan fingerprint density at radius 2 is 1.68 bits per heavy atom. The van der Waals surface area contributed by atoms with Gasteiger partial charge in [-0.05, 0) is 54.2 Å². The maximum absolute atomic E-state index is 13.8. The summed E-state index contributed by atoms with van der Waals surface area (Å²) in [5.41, 5.74) is 3.24. The predicted molar refractivity (Wildman–Crippen MR) is 155 cm³/mol. The lowest BCUT2D eigenvalue weighted by molar-refractivity contribution is -0.117. The second-order valence-electron chi connectivity index (χ2n) is 9.34. The summed E-state index contributed by atoms with van der Waals surface area (Å²) in [5, 5.41) is 13.5. The SMILES string of the molecule is CC(C)c1ccc(N2C(=O)C(Cc3cccc(Cl)c3Cl)S/C2=C(/C#N)C(=O)NC(C)c2ccccc2)cc1. The van der Waals surface area contributed by atoms with Crippen LogP contribution in [0, 0.1) is 11.3 Å². The summed E-state index contributed by atoms with van der Waals surface area (Å²) in [6.07, 6.45) is 0.299. The first-order valence-electron chi connectivity index (χ1n) is 12.2. The van der Waals surface area contributed by atoms with Gasteiger partial charge in [0.05, 0.1) is 21.3 Å². The summed E-state index contributed by atoms with van der Waals surface area (Å²) in [6, 6.07) is 24.1. The van der Waals surface area contributed by atoms with E-state index in [0.717, 1.165) is 16.7 Å². The van der Waals surface area contributed by atoms with Crippen LogP contribution in [0.15, 0.2) is 83.4 Å². The lowest BCUT2D eigenvalue weighted by Crippen LogP contribution is -2.33. The predicted octanol–water partition coefficient (Wildman–Crippen LogP) is 7.42. The Kier molecular flexibility index (Phi) is 8.83. The highest BCUT2D eigenvalue weighted by Crippen LogP contribution is 2.43. The Morgan fingerprint density at radius 1 is 1.00 bits per heavy atom. The maximum Gasteiger partial charge on any atom is 0.265 e. The fourth-order valence-corrected chi connectivity index (χ4v) is 5.92. The van der Waals surface area contributed by atoms with Crippen molar-refractivity contribution in [1.29, 1.82) is 5.26 Å². The van der Waals surface area contributed by atoms with E-state index in [9.17, 15) is 14.9 Å². The van der Waals surface area contributed by atoms with Gasteiger partial charge in [-0.1, -0.05) is 103 Å². The van der Waals surface area contributed by atoms with Crippen LogP contribution >= 0.6 is 35.0 Å². The van der Waals surface area contributed by atoms with Crippen molar-refractivity contribution < 1.29 is 9.59 Å². The summed E-state index contributed by atoms with van der Waals surface area (Å²) in [4.78, 5) is 28.6. The lowest BCUT2D eigenvalue weighted by atomic mass is 10.0. The average Bonchev–Trinajstić information content (AvgIpc) is 3.22. The van der Waals surface area contributed by atoms with Gasteiger partial charge in [0.1, 0.15) is 16.7 Å². The number of rotatable bonds is 7. The number of halogens is 2. The quantitative estimate of drug-likeness (QED) is 0.239. The Morgan fingerprint density at radius 3 is 2.32 bits per heavy atom. The molecule has 2 atom stereocenters. The summed E-state index contributed by atoms with van der Waals surface area (Å²) in [6.45, 7) is 6.04. The van der Waals surface area contributed by atoms with Crippen LogP contribution in [0.25, 0.3) is 0 Å². The minimum Gasteiger partial charge on any atom is -0.345 e. The number of benzene rings is 3. The fourth-order valence-electron chi connectivity index (χ4n) is 4.23. The molecule has 1 aliphatic heterocycles. The Bertz CT molecular complexity index is 1420. The number of carbonyl (C=O) groups is 2. The summed E-state index contributed by atoms with van der Waals surface area (Å²) >= 11 is 13.8. The maximum atomic E-state index is 13.8. The lowest BCUT2D eigenvalue weighted by Gasteiger charge is -2.20. The van der Waals surface area contributed by atoms with Crippen molar-refractivity contribution in [2.75, 3.05) is 4.90 Å². The van der Waals surface area contributed by atoms with Crippen LogP contribution in [-0.4, -0.2) is 17.1 Å². The van der Waals surface area contributed by atoms with Crippen LogP contribution in [0.5, 0.6) is 0 Å². The number of amides is 2. The molecule has 1 fully saturated rings. The molecule has 194 valence electrons. The van der Waals surface area contributed by atoms with Crippen molar-refractivity contribution in [2.45, 2.75) is 44.4 Å². The molecule has 4 rings (SSSR count). The molecule has 0 spiro atoms. The van der Waals surface area contributed by atoms with E-state index < -0.39 is 11.2 Å². The molecule has 1 N–H and O–H groups in total. The summed E-state index contributed by atoms with van der Waals surface area (Å²) in [5.74, 6) is -0.445. The second kappa shape index (κ2) is 12.1. The average molecular weight is 565 g/mol. The number of nitrogens with zero attached hydrogens (tertiary/aromatic N) is 2. The van der Waals surface area contributed by atoms with Gasteiger partial charge in [-0.3, -0.25) is 14.5 Å². The first-order chi connectivity index (χ1) is 18.2. The Balaban J connectivity index is 1.72. The van der Waals surface area contributed by atoms with E-state index in [0.29, 0.717) is 33.1 Å². The molecule has 1 saturated heterocycles. The number of hydrogen-bond donors (Lipinski definition) is 1. The highest BCUT2D eigenvalue weighted by Gasteiger charge is 2.41. The van der Waals surface area contributed by atoms with Gasteiger partial charge < -0.3 is 5.32 Å². The smallest absolute Gasteiger partial charge is 0.265 e. The number of nitriles is 1. The monoisotopic (exact) mass is 563 g/mol. The van der Waals surface area contributed by atoms with Crippen LogP contribution in [0.4, 0.5) is 5.69 Å². The minimum atomic E-state index is -0.589. The third kappa shape index (κ3) is 5.91. The zero-order chi connectivity index (χ0) is 27.4. The van der Waals surface area contributed by atoms with Crippen molar-refractivity contribution in [1.82, 2.24) is 5.32 Å². The molecule has 0 aliphatic carbocycles. The van der Waals surface area contributed by atoms with Crippen molar-refractivity contribution >= 4 is 52.5 Å². The van der Waals surface area contributed by atoms with Gasteiger partial charge in [0.25, 0.3) is 5.91 Å². The van der Waals surface area contributed by atoms with Gasteiger partial charge in [0.15, 0.2) is 0 Å². The van der Waals surface area contributed by atoms with Crippen molar-refractivity contribution in [2.24, 2.45) is 0 Å². The molecule has 3 aromatic carbocycles. The van der Waals surface area contributed by atoms with Gasteiger partial charge in [0.2, 0.25) is 5.91 Å². The second-order valence-corrected chi connectivity index (χ2v) is 11.3. The molecular formula is C30H27Cl2N3O2S. The Labute approximate surface area is 237 Å². The molecule has 0 aromatic heterocycles. The Hall–Kier alpha value is -3.24. The summed E-state index contributed by atoms with van der Waals surface area (Å²) < 4.78 is 0. The van der Waals surface area contributed by atoms with E-state index in [4.69, 9.17) is 23.2 Å². The van der Waals surface area contributed by atoms with E-state index in [2.05, 4.69) is 25.2 Å². The van der Waals surface area contributed by atoms with Gasteiger partial charge in [-0.2, -0.15) is 5.26 Å². The van der Waals surface area contributed by atoms with E-state index in [1.807, 2.05) is 67.6 Å². The summed E-state index contributed by atoms with van der Waals surface area (Å²) in [7, 11) is 0. The molecule has 2 amide bonds. The van der Waals surface area contributed by atoms with Crippen LogP contribution < -0.4 is 10.2 Å². The van der Waals surface area contributed by atoms with Crippen molar-refractivity contribution in [3.63, 3.8) is 0 Å². The third-order valence-electron chi connectivity index (χ3n) is 6.41. The molecule has 3 aromatic rings. The molecule has 1 aliphatic rings. The molecule has 1 heterocycles. The molecule has 2 unspecified atom stereocenters. The molecule has 38 heavy (non-hydrogen) atoms. The number of thioether (sulfide) groups is 1. The molecule has 0 radical (unpaired) electrons. The molecule has 5 nitrogen and oxygen atoms in total. The number of anilines is 1. The van der Waals surface area contributed by atoms with Gasteiger partial charge >= 0.3 is 0 Å². The van der Waals surface area contributed by atoms with E-state index in [1.165, 1.54) is 16.7 Å². The highest BCUT2D eigenvalue weighted by atomic mass is 35.5. The van der Waals surface area contributed by atoms with Gasteiger partial charge in [0, 0.05) is 5.69 Å². The minimum absolute atomic E-state index is 0.112. The van der Waals surface area contributed by atoms with E-state index in [1.54, 1.807) is 12.1 Å². The number of carbonyl (C=O) groups excluding carboxylic acids is 2. The molecule has 0 bridgehead atoms. The normalized spacial score (nSPS) is 17.3. The van der Waals surface area contributed by atoms with Crippen LogP contribution in [0.2, 0.25) is 10.0 Å². The zero-order valence-corrected chi connectivity index (χ0v) is 23.6. The fraction of sp³-hybridized carbons (Fsp3) is 0.233. The number of nitrogens with one attached hydrogen (secondary N) is 1. The first-order valence-corrected chi connectivity index (χ1v) is 13.9.